The van der Waals surface area contributed by atoms with Gasteiger partial charge in [0.05, 0.1) is 18.3 Å². The summed E-state index contributed by atoms with van der Waals surface area (Å²) in [4.78, 5) is 28.0. The summed E-state index contributed by atoms with van der Waals surface area (Å²) in [5, 5.41) is 11.1. The Morgan fingerprint density at radius 1 is 1.24 bits per heavy atom. The van der Waals surface area contributed by atoms with E-state index in [4.69, 9.17) is 5.11 Å². The second-order valence-corrected chi connectivity index (χ2v) is 4.33. The number of carbonyl (C=O) groups excluding carboxylic acids is 1. The standard InChI is InChI=1S/C15H19N3O3/c1-3-9-18(10-4-2)12-5-6-13(16-11-12)17-14(19)7-8-15(20)21/h3-6,11H,1-2,7-10H2,(H,20,21)(H,16,17,19). The number of hydrogen-bond donors (Lipinski definition) is 2. The number of aromatic nitrogens is 1. The number of carboxylic acid groups (broad SMARTS) is 1. The number of amides is 1. The highest BCUT2D eigenvalue weighted by atomic mass is 16.4. The zero-order valence-corrected chi connectivity index (χ0v) is 11.8. The number of pyridine rings is 1. The van der Waals surface area contributed by atoms with Gasteiger partial charge in [-0.05, 0) is 12.1 Å². The summed E-state index contributed by atoms with van der Waals surface area (Å²) in [6.07, 6.45) is 4.93. The van der Waals surface area contributed by atoms with E-state index in [1.807, 2.05) is 11.0 Å². The number of nitrogens with one attached hydrogen (secondary N) is 1. The fourth-order valence-corrected chi connectivity index (χ4v) is 1.67. The van der Waals surface area contributed by atoms with Gasteiger partial charge in [-0.3, -0.25) is 9.59 Å². The smallest absolute Gasteiger partial charge is 0.303 e. The Balaban J connectivity index is 2.64. The second kappa shape index (κ2) is 8.52. The summed E-state index contributed by atoms with van der Waals surface area (Å²) in [6, 6.07) is 3.50. The summed E-state index contributed by atoms with van der Waals surface area (Å²) < 4.78 is 0. The van der Waals surface area contributed by atoms with Crippen molar-refractivity contribution in [3.63, 3.8) is 0 Å². The van der Waals surface area contributed by atoms with Crippen molar-refractivity contribution < 1.29 is 14.7 Å². The second-order valence-electron chi connectivity index (χ2n) is 4.33. The first-order valence-corrected chi connectivity index (χ1v) is 6.51. The van der Waals surface area contributed by atoms with E-state index < -0.39 is 5.97 Å². The van der Waals surface area contributed by atoms with Crippen LogP contribution in [0.3, 0.4) is 0 Å². The Hall–Kier alpha value is -2.63. The van der Waals surface area contributed by atoms with Gasteiger partial charge in [-0.25, -0.2) is 4.98 Å². The number of rotatable bonds is 9. The molecule has 0 spiro atoms. The van der Waals surface area contributed by atoms with E-state index in [0.29, 0.717) is 18.9 Å². The van der Waals surface area contributed by atoms with Crippen LogP contribution in [0.2, 0.25) is 0 Å². The van der Waals surface area contributed by atoms with Crippen LogP contribution in [0.15, 0.2) is 43.6 Å². The molecular formula is C15H19N3O3. The van der Waals surface area contributed by atoms with Crippen molar-refractivity contribution in [3.8, 4) is 0 Å². The molecule has 0 saturated carbocycles. The molecule has 21 heavy (non-hydrogen) atoms. The first kappa shape index (κ1) is 16.4. The van der Waals surface area contributed by atoms with Crippen molar-refractivity contribution in [3.05, 3.63) is 43.6 Å². The number of hydrogen-bond acceptors (Lipinski definition) is 4. The molecule has 0 atom stereocenters. The number of aliphatic carboxylic acids is 1. The Kier molecular flexibility index (Phi) is 6.67. The van der Waals surface area contributed by atoms with E-state index in [1.54, 1.807) is 24.4 Å². The highest BCUT2D eigenvalue weighted by Gasteiger charge is 2.08. The Morgan fingerprint density at radius 2 is 1.90 bits per heavy atom. The van der Waals surface area contributed by atoms with Crippen LogP contribution in [-0.2, 0) is 9.59 Å². The average molecular weight is 289 g/mol. The molecule has 112 valence electrons. The zero-order valence-electron chi connectivity index (χ0n) is 11.8. The third-order valence-corrected chi connectivity index (χ3v) is 2.65. The lowest BCUT2D eigenvalue weighted by atomic mass is 10.3. The van der Waals surface area contributed by atoms with E-state index in [2.05, 4.69) is 23.5 Å². The Labute approximate surface area is 123 Å². The largest absolute Gasteiger partial charge is 0.481 e. The number of carbonyl (C=O) groups is 2. The fourth-order valence-electron chi connectivity index (χ4n) is 1.67. The fraction of sp³-hybridized carbons (Fsp3) is 0.267. The van der Waals surface area contributed by atoms with E-state index in [-0.39, 0.29) is 18.7 Å². The maximum atomic E-state index is 11.5. The van der Waals surface area contributed by atoms with E-state index in [1.165, 1.54) is 0 Å². The molecule has 0 aliphatic rings. The van der Waals surface area contributed by atoms with Crippen molar-refractivity contribution in [2.75, 3.05) is 23.3 Å². The normalized spacial score (nSPS) is 9.71. The molecule has 6 nitrogen and oxygen atoms in total. The van der Waals surface area contributed by atoms with Crippen molar-refractivity contribution in [2.45, 2.75) is 12.8 Å². The van der Waals surface area contributed by atoms with Gasteiger partial charge in [0.1, 0.15) is 5.82 Å². The van der Waals surface area contributed by atoms with Crippen molar-refractivity contribution >= 4 is 23.4 Å². The molecule has 1 aromatic heterocycles. The molecule has 2 N–H and O–H groups in total. The number of anilines is 2. The van der Waals surface area contributed by atoms with Crippen LogP contribution in [0.5, 0.6) is 0 Å². The highest BCUT2D eigenvalue weighted by Crippen LogP contribution is 2.15. The van der Waals surface area contributed by atoms with Crippen molar-refractivity contribution in [1.29, 1.82) is 0 Å². The van der Waals surface area contributed by atoms with Crippen molar-refractivity contribution in [1.82, 2.24) is 4.98 Å². The Bertz CT molecular complexity index is 501. The van der Waals surface area contributed by atoms with Crippen LogP contribution >= 0.6 is 0 Å². The lowest BCUT2D eigenvalue weighted by Gasteiger charge is -2.21. The van der Waals surface area contributed by atoms with Gasteiger partial charge in [-0.2, -0.15) is 0 Å². The summed E-state index contributed by atoms with van der Waals surface area (Å²) in [5.41, 5.74) is 0.887. The predicted molar refractivity (Wildman–Crippen MR) is 82.3 cm³/mol. The molecule has 0 fully saturated rings. The van der Waals surface area contributed by atoms with Gasteiger partial charge in [0.2, 0.25) is 5.91 Å². The van der Waals surface area contributed by atoms with Crippen LogP contribution in [0, 0.1) is 0 Å². The predicted octanol–water partition coefficient (Wildman–Crippen LogP) is 2.06. The monoisotopic (exact) mass is 289 g/mol. The van der Waals surface area contributed by atoms with Gasteiger partial charge in [0, 0.05) is 19.5 Å². The minimum absolute atomic E-state index is 0.0716. The maximum absolute atomic E-state index is 11.5. The minimum Gasteiger partial charge on any atom is -0.481 e. The molecule has 0 radical (unpaired) electrons. The summed E-state index contributed by atoms with van der Waals surface area (Å²) in [6.45, 7) is 8.73. The van der Waals surface area contributed by atoms with Gasteiger partial charge in [0.25, 0.3) is 0 Å². The highest BCUT2D eigenvalue weighted by molar-refractivity contribution is 5.91. The van der Waals surface area contributed by atoms with Crippen LogP contribution < -0.4 is 10.2 Å². The topological polar surface area (TPSA) is 82.5 Å². The molecule has 1 aromatic rings. The molecule has 0 saturated heterocycles. The lowest BCUT2D eigenvalue weighted by Crippen LogP contribution is -2.23. The summed E-state index contributed by atoms with van der Waals surface area (Å²) in [7, 11) is 0. The molecule has 1 rings (SSSR count). The molecule has 0 aliphatic carbocycles. The van der Waals surface area contributed by atoms with Crippen LogP contribution in [-0.4, -0.2) is 35.1 Å². The molecular weight excluding hydrogens is 270 g/mol. The summed E-state index contributed by atoms with van der Waals surface area (Å²) in [5.74, 6) is -0.976. The van der Waals surface area contributed by atoms with Gasteiger partial charge >= 0.3 is 5.97 Å². The van der Waals surface area contributed by atoms with Gasteiger partial charge in [-0.1, -0.05) is 12.2 Å². The summed E-state index contributed by atoms with van der Waals surface area (Å²) >= 11 is 0. The third kappa shape index (κ3) is 5.90. The van der Waals surface area contributed by atoms with Crippen LogP contribution in [0.25, 0.3) is 0 Å². The molecule has 0 aromatic carbocycles. The van der Waals surface area contributed by atoms with Gasteiger partial charge < -0.3 is 15.3 Å². The van der Waals surface area contributed by atoms with E-state index in [9.17, 15) is 9.59 Å². The molecule has 0 aliphatic heterocycles. The zero-order chi connectivity index (χ0) is 15.7. The lowest BCUT2D eigenvalue weighted by molar-refractivity contribution is -0.138. The third-order valence-electron chi connectivity index (χ3n) is 2.65. The Morgan fingerprint density at radius 3 is 2.38 bits per heavy atom. The number of carboxylic acids is 1. The van der Waals surface area contributed by atoms with Crippen molar-refractivity contribution in [2.24, 2.45) is 0 Å². The number of nitrogens with zero attached hydrogens (tertiary/aromatic N) is 2. The first-order chi connectivity index (χ1) is 10.1. The van der Waals surface area contributed by atoms with E-state index in [0.717, 1.165) is 5.69 Å². The van der Waals surface area contributed by atoms with Gasteiger partial charge in [0.15, 0.2) is 0 Å². The first-order valence-electron chi connectivity index (χ1n) is 6.51. The quantitative estimate of drug-likeness (QED) is 0.680. The molecule has 6 heteroatoms. The van der Waals surface area contributed by atoms with E-state index >= 15 is 0 Å². The molecule has 1 heterocycles. The maximum Gasteiger partial charge on any atom is 0.303 e. The minimum atomic E-state index is -1.00. The molecule has 1 amide bonds. The van der Waals surface area contributed by atoms with Crippen LogP contribution in [0.4, 0.5) is 11.5 Å². The molecule has 0 bridgehead atoms. The van der Waals surface area contributed by atoms with Gasteiger partial charge in [-0.15, -0.1) is 13.2 Å². The van der Waals surface area contributed by atoms with Crippen LogP contribution in [0.1, 0.15) is 12.8 Å². The SMILES string of the molecule is C=CCN(CC=C)c1ccc(NC(=O)CCC(=O)O)nc1. The molecule has 0 unspecified atom stereocenters. The average Bonchev–Trinajstić information content (AvgIpc) is 2.46.